The maximum Gasteiger partial charge on any atom is 0.213 e. The van der Waals surface area contributed by atoms with E-state index in [1.54, 1.807) is 0 Å². The molecule has 0 spiro atoms. The Morgan fingerprint density at radius 2 is 1.75 bits per heavy atom. The van der Waals surface area contributed by atoms with Crippen LogP contribution in [0.3, 0.4) is 0 Å². The highest BCUT2D eigenvalue weighted by Gasteiger charge is 2.29. The minimum Gasteiger partial charge on any atom is -0.264 e. The molecule has 0 saturated heterocycles. The van der Waals surface area contributed by atoms with Crippen molar-refractivity contribution in [2.75, 3.05) is 0 Å². The Morgan fingerprint density at radius 1 is 1.25 bits per heavy atom. The maximum absolute atomic E-state index is 10.4. The third kappa shape index (κ3) is 2.19. The topological polar surface area (TPSA) is 43.1 Å². The molecule has 0 aromatic carbocycles. The Labute approximate surface area is 73.3 Å². The Kier molecular flexibility index (Phi) is 3.06. The van der Waals surface area contributed by atoms with Gasteiger partial charge in [0.1, 0.15) is 0 Å². The number of nitro groups is 1. The number of hydrogen-bond acceptors (Lipinski definition) is 2. The first-order valence-corrected chi connectivity index (χ1v) is 4.74. The van der Waals surface area contributed by atoms with Crippen LogP contribution in [-0.2, 0) is 0 Å². The van der Waals surface area contributed by atoms with Crippen LogP contribution in [0.4, 0.5) is 0 Å². The molecule has 0 unspecified atom stereocenters. The van der Waals surface area contributed by atoms with Gasteiger partial charge in [0.05, 0.1) is 0 Å². The first kappa shape index (κ1) is 9.49. The fourth-order valence-electron chi connectivity index (χ4n) is 1.98. The predicted molar refractivity (Wildman–Crippen MR) is 47.6 cm³/mol. The summed E-state index contributed by atoms with van der Waals surface area (Å²) in [6.45, 7) is 4.41. The number of nitrogens with zero attached hydrogens (tertiary/aromatic N) is 1. The smallest absolute Gasteiger partial charge is 0.213 e. The van der Waals surface area contributed by atoms with E-state index in [1.165, 1.54) is 0 Å². The zero-order valence-electron chi connectivity index (χ0n) is 7.82. The van der Waals surface area contributed by atoms with Gasteiger partial charge in [-0.2, -0.15) is 0 Å². The van der Waals surface area contributed by atoms with Gasteiger partial charge in [0, 0.05) is 17.8 Å². The summed E-state index contributed by atoms with van der Waals surface area (Å²) in [5.74, 6) is 1.42. The van der Waals surface area contributed by atoms with E-state index < -0.39 is 0 Å². The van der Waals surface area contributed by atoms with Gasteiger partial charge in [0.15, 0.2) is 0 Å². The third-order valence-corrected chi connectivity index (χ3v) is 2.98. The van der Waals surface area contributed by atoms with Crippen LogP contribution < -0.4 is 0 Å². The predicted octanol–water partition coefficient (Wildman–Crippen LogP) is 2.48. The fourth-order valence-corrected chi connectivity index (χ4v) is 1.98. The molecule has 0 aromatic heterocycles. The van der Waals surface area contributed by atoms with E-state index in [4.69, 9.17) is 0 Å². The van der Waals surface area contributed by atoms with E-state index in [1.807, 2.05) is 0 Å². The standard InChI is InChI=1S/C9H17NO2/c1-7(2)8-3-5-9(6-4-8)10(11)12/h7-9H,3-6H2,1-2H3. The van der Waals surface area contributed by atoms with Crippen LogP contribution in [0.25, 0.3) is 0 Å². The lowest BCUT2D eigenvalue weighted by molar-refractivity contribution is -0.527. The van der Waals surface area contributed by atoms with Gasteiger partial charge in [0.25, 0.3) is 0 Å². The summed E-state index contributed by atoms with van der Waals surface area (Å²) in [6, 6.07) is -0.250. The molecular formula is C9H17NO2. The average Bonchev–Trinajstić information content (AvgIpc) is 2.04. The van der Waals surface area contributed by atoms with Gasteiger partial charge in [-0.1, -0.05) is 13.8 Å². The molecule has 70 valence electrons. The minimum absolute atomic E-state index is 0.115. The highest BCUT2D eigenvalue weighted by atomic mass is 16.6. The molecule has 3 heteroatoms. The zero-order chi connectivity index (χ0) is 9.14. The molecule has 0 aromatic rings. The third-order valence-electron chi connectivity index (χ3n) is 2.98. The monoisotopic (exact) mass is 171 g/mol. The van der Waals surface area contributed by atoms with Crippen molar-refractivity contribution in [2.24, 2.45) is 11.8 Å². The summed E-state index contributed by atoms with van der Waals surface area (Å²) in [4.78, 5) is 10.3. The van der Waals surface area contributed by atoms with E-state index in [0.717, 1.165) is 31.6 Å². The van der Waals surface area contributed by atoms with Crippen LogP contribution in [-0.4, -0.2) is 11.0 Å². The average molecular weight is 171 g/mol. The van der Waals surface area contributed by atoms with E-state index in [9.17, 15) is 10.1 Å². The SMILES string of the molecule is CC(C)C1CCC([N+](=O)[O-])CC1. The molecule has 1 aliphatic carbocycles. The van der Waals surface area contributed by atoms with Crippen molar-refractivity contribution >= 4 is 0 Å². The van der Waals surface area contributed by atoms with Crippen LogP contribution in [0.1, 0.15) is 39.5 Å². The maximum atomic E-state index is 10.4. The first-order chi connectivity index (χ1) is 5.61. The summed E-state index contributed by atoms with van der Waals surface area (Å²) >= 11 is 0. The van der Waals surface area contributed by atoms with Gasteiger partial charge in [-0.25, -0.2) is 0 Å². The van der Waals surface area contributed by atoms with Crippen molar-refractivity contribution in [3.63, 3.8) is 0 Å². The van der Waals surface area contributed by atoms with Crippen LogP contribution in [0.15, 0.2) is 0 Å². The van der Waals surface area contributed by atoms with Crippen molar-refractivity contribution in [3.05, 3.63) is 10.1 Å². The van der Waals surface area contributed by atoms with Crippen molar-refractivity contribution in [3.8, 4) is 0 Å². The lowest BCUT2D eigenvalue weighted by Gasteiger charge is -2.26. The summed E-state index contributed by atoms with van der Waals surface area (Å²) in [5, 5.41) is 10.4. The molecule has 0 bridgehead atoms. The van der Waals surface area contributed by atoms with Crippen molar-refractivity contribution in [1.29, 1.82) is 0 Å². The molecule has 1 rings (SSSR count). The molecule has 3 nitrogen and oxygen atoms in total. The highest BCUT2D eigenvalue weighted by Crippen LogP contribution is 2.30. The molecule has 0 N–H and O–H groups in total. The Morgan fingerprint density at radius 3 is 2.08 bits per heavy atom. The van der Waals surface area contributed by atoms with Crippen LogP contribution >= 0.6 is 0 Å². The van der Waals surface area contributed by atoms with Gasteiger partial charge in [-0.3, -0.25) is 10.1 Å². The first-order valence-electron chi connectivity index (χ1n) is 4.74. The number of rotatable bonds is 2. The van der Waals surface area contributed by atoms with Crippen LogP contribution in [0.5, 0.6) is 0 Å². The minimum atomic E-state index is -0.250. The van der Waals surface area contributed by atoms with E-state index >= 15 is 0 Å². The Balaban J connectivity index is 2.34. The molecule has 0 radical (unpaired) electrons. The van der Waals surface area contributed by atoms with Gasteiger partial charge < -0.3 is 0 Å². The van der Waals surface area contributed by atoms with Gasteiger partial charge >= 0.3 is 0 Å². The summed E-state index contributed by atoms with van der Waals surface area (Å²) < 4.78 is 0. The van der Waals surface area contributed by atoms with E-state index in [2.05, 4.69) is 13.8 Å². The molecule has 0 heterocycles. The summed E-state index contributed by atoms with van der Waals surface area (Å²) in [7, 11) is 0. The highest BCUT2D eigenvalue weighted by molar-refractivity contribution is 4.73. The number of hydrogen-bond donors (Lipinski definition) is 0. The van der Waals surface area contributed by atoms with Crippen molar-refractivity contribution in [1.82, 2.24) is 0 Å². The molecular weight excluding hydrogens is 154 g/mol. The molecule has 1 aliphatic rings. The molecule has 0 amide bonds. The van der Waals surface area contributed by atoms with Gasteiger partial charge in [0.2, 0.25) is 6.04 Å². The lowest BCUT2D eigenvalue weighted by atomic mass is 9.80. The van der Waals surface area contributed by atoms with E-state index in [-0.39, 0.29) is 11.0 Å². The molecule has 0 atom stereocenters. The van der Waals surface area contributed by atoms with Crippen LogP contribution in [0.2, 0.25) is 0 Å². The van der Waals surface area contributed by atoms with E-state index in [0.29, 0.717) is 5.92 Å². The summed E-state index contributed by atoms with van der Waals surface area (Å²) in [5.41, 5.74) is 0. The summed E-state index contributed by atoms with van der Waals surface area (Å²) in [6.07, 6.45) is 3.66. The lowest BCUT2D eigenvalue weighted by Crippen LogP contribution is -2.27. The van der Waals surface area contributed by atoms with Crippen molar-refractivity contribution in [2.45, 2.75) is 45.6 Å². The fraction of sp³-hybridized carbons (Fsp3) is 1.00. The molecule has 1 fully saturated rings. The van der Waals surface area contributed by atoms with Crippen molar-refractivity contribution < 1.29 is 4.92 Å². The second-order valence-electron chi connectivity index (χ2n) is 4.10. The largest absolute Gasteiger partial charge is 0.264 e. The molecule has 0 aliphatic heterocycles. The quantitative estimate of drug-likeness (QED) is 0.473. The van der Waals surface area contributed by atoms with Gasteiger partial charge in [-0.15, -0.1) is 0 Å². The normalized spacial score (nSPS) is 30.6. The second kappa shape index (κ2) is 3.87. The van der Waals surface area contributed by atoms with Gasteiger partial charge in [-0.05, 0) is 24.7 Å². The second-order valence-corrected chi connectivity index (χ2v) is 4.10. The zero-order valence-corrected chi connectivity index (χ0v) is 7.82. The Bertz CT molecular complexity index is 160. The molecule has 12 heavy (non-hydrogen) atoms. The Hall–Kier alpha value is -0.600. The molecule has 1 saturated carbocycles. The van der Waals surface area contributed by atoms with Crippen LogP contribution in [0, 0.1) is 22.0 Å².